The zero-order chi connectivity index (χ0) is 15.1. The van der Waals surface area contributed by atoms with Crippen LogP contribution in [0.2, 0.25) is 0 Å². The number of rotatable bonds is 7. The molecule has 1 N–H and O–H groups in total. The van der Waals surface area contributed by atoms with Crippen LogP contribution in [0.4, 0.5) is 5.82 Å². The Morgan fingerprint density at radius 3 is 2.67 bits per heavy atom. The molecule has 5 heteroatoms. The molecule has 0 unspecified atom stereocenters. The number of anilines is 1. The van der Waals surface area contributed by atoms with Gasteiger partial charge < -0.3 is 10.2 Å². The van der Waals surface area contributed by atoms with Crippen LogP contribution in [0, 0.1) is 6.92 Å². The largest absolute Gasteiger partial charge is 0.350 e. The second-order valence-electron chi connectivity index (χ2n) is 4.93. The van der Waals surface area contributed by atoms with E-state index < -0.39 is 0 Å². The predicted molar refractivity (Wildman–Crippen MR) is 85.1 cm³/mol. The number of nitrogens with zero attached hydrogens (tertiary/aromatic N) is 4. The van der Waals surface area contributed by atoms with E-state index in [2.05, 4.69) is 39.0 Å². The molecule has 0 bridgehead atoms. The molecule has 0 saturated carbocycles. The highest BCUT2D eigenvalue weighted by Gasteiger charge is 2.09. The molecule has 2 rings (SSSR count). The molecule has 2 aromatic rings. The summed E-state index contributed by atoms with van der Waals surface area (Å²) in [6, 6.07) is 6.10. The Morgan fingerprint density at radius 1 is 1.10 bits per heavy atom. The normalized spacial score (nSPS) is 10.6. The zero-order valence-electron chi connectivity index (χ0n) is 13.0. The van der Waals surface area contributed by atoms with Crippen LogP contribution in [0.3, 0.4) is 0 Å². The third-order valence-corrected chi connectivity index (χ3v) is 3.23. The van der Waals surface area contributed by atoms with Gasteiger partial charge in [-0.3, -0.25) is 9.97 Å². The molecular formula is C16H23N5. The molecule has 2 heterocycles. The van der Waals surface area contributed by atoms with E-state index in [0.29, 0.717) is 0 Å². The maximum atomic E-state index is 4.67. The number of nitrogens with one attached hydrogen (secondary N) is 1. The third kappa shape index (κ3) is 4.49. The molecule has 0 amide bonds. The highest BCUT2D eigenvalue weighted by molar-refractivity contribution is 5.37. The van der Waals surface area contributed by atoms with Crippen LogP contribution >= 0.6 is 0 Å². The first-order chi connectivity index (χ1) is 10.2. The van der Waals surface area contributed by atoms with E-state index >= 15 is 0 Å². The topological polar surface area (TPSA) is 53.9 Å². The fourth-order valence-corrected chi connectivity index (χ4v) is 2.12. The number of hydrogen-bond acceptors (Lipinski definition) is 5. The van der Waals surface area contributed by atoms with Crippen molar-refractivity contribution in [3.63, 3.8) is 0 Å². The van der Waals surface area contributed by atoms with Crippen molar-refractivity contribution in [2.45, 2.75) is 33.9 Å². The van der Waals surface area contributed by atoms with Crippen LogP contribution in [0.25, 0.3) is 0 Å². The van der Waals surface area contributed by atoms with E-state index in [1.807, 2.05) is 37.5 Å². The van der Waals surface area contributed by atoms with Crippen LogP contribution in [0.1, 0.15) is 30.9 Å². The zero-order valence-corrected chi connectivity index (χ0v) is 13.0. The van der Waals surface area contributed by atoms with E-state index in [4.69, 9.17) is 0 Å². The monoisotopic (exact) mass is 285 g/mol. The summed E-state index contributed by atoms with van der Waals surface area (Å²) < 4.78 is 0. The molecule has 0 aliphatic rings. The number of aromatic nitrogens is 3. The van der Waals surface area contributed by atoms with Crippen molar-refractivity contribution < 1.29 is 0 Å². The SMILES string of the molecule is CCNCc1cncc(N(CC)Cc2cccc(C)n2)n1. The highest BCUT2D eigenvalue weighted by Crippen LogP contribution is 2.13. The standard InChI is InChI=1S/C16H23N5/c1-4-17-9-15-10-18-11-16(20-15)21(5-2)12-14-8-6-7-13(3)19-14/h6-8,10-11,17H,4-5,9,12H2,1-3H3. The summed E-state index contributed by atoms with van der Waals surface area (Å²) in [5.41, 5.74) is 3.05. The van der Waals surface area contributed by atoms with E-state index in [1.165, 1.54) is 0 Å². The Labute approximate surface area is 126 Å². The van der Waals surface area contributed by atoms with Crippen LogP contribution in [0.5, 0.6) is 0 Å². The average Bonchev–Trinajstić information content (AvgIpc) is 2.51. The van der Waals surface area contributed by atoms with Gasteiger partial charge in [0.05, 0.1) is 24.1 Å². The summed E-state index contributed by atoms with van der Waals surface area (Å²) >= 11 is 0. The van der Waals surface area contributed by atoms with E-state index in [1.54, 1.807) is 0 Å². The Hall–Kier alpha value is -2.01. The van der Waals surface area contributed by atoms with Crippen molar-refractivity contribution in [2.75, 3.05) is 18.0 Å². The van der Waals surface area contributed by atoms with Crippen molar-refractivity contribution in [2.24, 2.45) is 0 Å². The Balaban J connectivity index is 2.13. The minimum Gasteiger partial charge on any atom is -0.350 e. The summed E-state index contributed by atoms with van der Waals surface area (Å²) in [4.78, 5) is 15.7. The molecule has 5 nitrogen and oxygen atoms in total. The van der Waals surface area contributed by atoms with Gasteiger partial charge in [0.1, 0.15) is 5.82 Å². The maximum Gasteiger partial charge on any atom is 0.147 e. The first-order valence-corrected chi connectivity index (χ1v) is 7.42. The Bertz CT molecular complexity index is 570. The summed E-state index contributed by atoms with van der Waals surface area (Å²) in [6.45, 7) is 9.50. The minimum atomic E-state index is 0.748. The van der Waals surface area contributed by atoms with Crippen LogP contribution in [0.15, 0.2) is 30.6 Å². The van der Waals surface area contributed by atoms with Gasteiger partial charge in [0, 0.05) is 25.0 Å². The van der Waals surface area contributed by atoms with Crippen molar-refractivity contribution in [1.82, 2.24) is 20.3 Å². The van der Waals surface area contributed by atoms with Gasteiger partial charge in [0.25, 0.3) is 0 Å². The van der Waals surface area contributed by atoms with E-state index in [-0.39, 0.29) is 0 Å². The molecule has 0 atom stereocenters. The molecule has 21 heavy (non-hydrogen) atoms. The predicted octanol–water partition coefficient (Wildman–Crippen LogP) is 2.32. The van der Waals surface area contributed by atoms with Crippen LogP contribution in [-0.2, 0) is 13.1 Å². The van der Waals surface area contributed by atoms with Gasteiger partial charge in [-0.25, -0.2) is 4.98 Å². The molecule has 0 aliphatic heterocycles. The molecule has 0 fully saturated rings. The van der Waals surface area contributed by atoms with Crippen molar-refractivity contribution in [1.29, 1.82) is 0 Å². The van der Waals surface area contributed by atoms with Crippen molar-refractivity contribution >= 4 is 5.82 Å². The lowest BCUT2D eigenvalue weighted by atomic mass is 10.3. The van der Waals surface area contributed by atoms with Crippen molar-refractivity contribution in [3.05, 3.63) is 47.7 Å². The molecule has 0 spiro atoms. The lowest BCUT2D eigenvalue weighted by molar-refractivity contribution is 0.700. The smallest absolute Gasteiger partial charge is 0.147 e. The van der Waals surface area contributed by atoms with Gasteiger partial charge in [0.2, 0.25) is 0 Å². The number of aryl methyl sites for hydroxylation is 1. The van der Waals surface area contributed by atoms with Gasteiger partial charge in [-0.2, -0.15) is 0 Å². The maximum absolute atomic E-state index is 4.67. The third-order valence-electron chi connectivity index (χ3n) is 3.23. The molecule has 0 aromatic carbocycles. The number of hydrogen-bond donors (Lipinski definition) is 1. The highest BCUT2D eigenvalue weighted by atomic mass is 15.2. The quantitative estimate of drug-likeness (QED) is 0.846. The summed E-state index contributed by atoms with van der Waals surface area (Å²) in [5, 5.41) is 3.27. The molecule has 2 aromatic heterocycles. The minimum absolute atomic E-state index is 0.748. The molecular weight excluding hydrogens is 262 g/mol. The number of pyridine rings is 1. The van der Waals surface area contributed by atoms with Gasteiger partial charge in [0.15, 0.2) is 0 Å². The second kappa shape index (κ2) is 7.69. The lowest BCUT2D eigenvalue weighted by Crippen LogP contribution is -2.25. The Morgan fingerprint density at radius 2 is 1.95 bits per heavy atom. The lowest BCUT2D eigenvalue weighted by Gasteiger charge is -2.21. The summed E-state index contributed by atoms with van der Waals surface area (Å²) in [5.74, 6) is 0.899. The second-order valence-corrected chi connectivity index (χ2v) is 4.93. The van der Waals surface area contributed by atoms with Gasteiger partial charge in [-0.15, -0.1) is 0 Å². The molecule has 0 saturated heterocycles. The molecule has 0 aliphatic carbocycles. The van der Waals surface area contributed by atoms with E-state index in [0.717, 1.165) is 49.1 Å². The van der Waals surface area contributed by atoms with Gasteiger partial charge >= 0.3 is 0 Å². The first kappa shape index (κ1) is 15.4. The average molecular weight is 285 g/mol. The van der Waals surface area contributed by atoms with Crippen LogP contribution in [-0.4, -0.2) is 28.0 Å². The fraction of sp³-hybridized carbons (Fsp3) is 0.438. The fourth-order valence-electron chi connectivity index (χ4n) is 2.12. The van der Waals surface area contributed by atoms with E-state index in [9.17, 15) is 0 Å². The van der Waals surface area contributed by atoms with Crippen molar-refractivity contribution in [3.8, 4) is 0 Å². The van der Waals surface area contributed by atoms with Gasteiger partial charge in [-0.05, 0) is 32.5 Å². The van der Waals surface area contributed by atoms with Crippen LogP contribution < -0.4 is 10.2 Å². The summed E-state index contributed by atoms with van der Waals surface area (Å²) in [7, 11) is 0. The molecule has 112 valence electrons. The van der Waals surface area contributed by atoms with Gasteiger partial charge in [-0.1, -0.05) is 13.0 Å². The molecule has 0 radical (unpaired) electrons. The Kier molecular flexibility index (Phi) is 5.63. The summed E-state index contributed by atoms with van der Waals surface area (Å²) in [6.07, 6.45) is 3.62. The first-order valence-electron chi connectivity index (χ1n) is 7.42.